The van der Waals surface area contributed by atoms with E-state index in [-0.39, 0.29) is 0 Å². The fourth-order valence-electron chi connectivity index (χ4n) is 0.710. The largest absolute Gasteiger partial charge is 0.254 e. The van der Waals surface area contributed by atoms with Gasteiger partial charge in [-0.05, 0) is 23.7 Å². The SMILES string of the molecule is c1cnc2cnsc2c1. The molecule has 0 aliphatic rings. The lowest BCUT2D eigenvalue weighted by atomic mass is 10.4. The third-order valence-electron chi connectivity index (χ3n) is 1.13. The van der Waals surface area contributed by atoms with Gasteiger partial charge in [0, 0.05) is 6.20 Å². The Hall–Kier alpha value is -0.960. The lowest BCUT2D eigenvalue weighted by Crippen LogP contribution is -1.66. The molecule has 0 atom stereocenters. The van der Waals surface area contributed by atoms with Crippen LogP contribution >= 0.6 is 11.5 Å². The second kappa shape index (κ2) is 1.77. The van der Waals surface area contributed by atoms with Crippen LogP contribution in [0, 0.1) is 0 Å². The standard InChI is InChI=1S/C6H4N2S/c1-2-6-5(7-3-1)4-8-9-6/h1-4H. The van der Waals surface area contributed by atoms with Crippen LogP contribution in [0.5, 0.6) is 0 Å². The number of pyridine rings is 1. The van der Waals surface area contributed by atoms with E-state index in [4.69, 9.17) is 0 Å². The summed E-state index contributed by atoms with van der Waals surface area (Å²) in [6.45, 7) is 0. The fourth-order valence-corrected chi connectivity index (χ4v) is 1.31. The highest BCUT2D eigenvalue weighted by Gasteiger charge is 1.91. The zero-order valence-corrected chi connectivity index (χ0v) is 5.43. The van der Waals surface area contributed by atoms with E-state index in [1.54, 1.807) is 12.4 Å². The number of rotatable bonds is 0. The molecule has 0 spiro atoms. The molecule has 2 heterocycles. The third-order valence-corrected chi connectivity index (χ3v) is 1.88. The second-order valence-electron chi connectivity index (χ2n) is 1.71. The van der Waals surface area contributed by atoms with Crippen LogP contribution in [0.4, 0.5) is 0 Å². The zero-order chi connectivity index (χ0) is 6.10. The molecular formula is C6H4N2S. The van der Waals surface area contributed by atoms with E-state index >= 15 is 0 Å². The van der Waals surface area contributed by atoms with Crippen LogP contribution in [0.15, 0.2) is 24.5 Å². The Labute approximate surface area is 56.3 Å². The number of fused-ring (bicyclic) bond motifs is 1. The Morgan fingerprint density at radius 1 is 1.44 bits per heavy atom. The first-order chi connectivity index (χ1) is 4.47. The van der Waals surface area contributed by atoms with Crippen LogP contribution in [-0.4, -0.2) is 9.36 Å². The minimum Gasteiger partial charge on any atom is -0.254 e. The quantitative estimate of drug-likeness (QED) is 0.550. The van der Waals surface area contributed by atoms with E-state index < -0.39 is 0 Å². The molecule has 2 aromatic heterocycles. The van der Waals surface area contributed by atoms with Crippen molar-refractivity contribution in [3.05, 3.63) is 24.5 Å². The molecule has 0 N–H and O–H groups in total. The summed E-state index contributed by atoms with van der Waals surface area (Å²) < 4.78 is 5.13. The average Bonchev–Trinajstić information content (AvgIpc) is 2.33. The van der Waals surface area contributed by atoms with Gasteiger partial charge in [-0.3, -0.25) is 4.98 Å². The lowest BCUT2D eigenvalue weighted by Gasteiger charge is -1.79. The Morgan fingerprint density at radius 3 is 3.33 bits per heavy atom. The van der Waals surface area contributed by atoms with Gasteiger partial charge in [-0.25, -0.2) is 0 Å². The van der Waals surface area contributed by atoms with Gasteiger partial charge >= 0.3 is 0 Å². The highest BCUT2D eigenvalue weighted by Crippen LogP contribution is 2.12. The second-order valence-corrected chi connectivity index (χ2v) is 2.55. The van der Waals surface area contributed by atoms with Gasteiger partial charge in [0.05, 0.1) is 10.9 Å². The average molecular weight is 136 g/mol. The molecule has 0 saturated carbocycles. The predicted octanol–water partition coefficient (Wildman–Crippen LogP) is 1.69. The monoisotopic (exact) mass is 136 g/mol. The number of hydrogen-bond acceptors (Lipinski definition) is 3. The van der Waals surface area contributed by atoms with E-state index in [0.29, 0.717) is 0 Å². The topological polar surface area (TPSA) is 25.8 Å². The fraction of sp³-hybridized carbons (Fsp3) is 0. The van der Waals surface area contributed by atoms with Gasteiger partial charge in [-0.1, -0.05) is 0 Å². The van der Waals surface area contributed by atoms with Crippen molar-refractivity contribution in [2.45, 2.75) is 0 Å². The Balaban J connectivity index is 2.95. The maximum atomic E-state index is 4.09. The molecule has 0 amide bonds. The van der Waals surface area contributed by atoms with Gasteiger partial charge in [-0.2, -0.15) is 4.37 Å². The molecule has 3 heteroatoms. The Morgan fingerprint density at radius 2 is 2.44 bits per heavy atom. The van der Waals surface area contributed by atoms with Crippen molar-refractivity contribution >= 4 is 21.7 Å². The Bertz CT molecular complexity index is 285. The molecule has 0 unspecified atom stereocenters. The minimum atomic E-state index is 0.988. The van der Waals surface area contributed by atoms with Crippen molar-refractivity contribution in [3.63, 3.8) is 0 Å². The number of hydrogen-bond donors (Lipinski definition) is 0. The third kappa shape index (κ3) is 0.695. The maximum absolute atomic E-state index is 4.09. The smallest absolute Gasteiger partial charge is 0.101 e. The van der Waals surface area contributed by atoms with Crippen molar-refractivity contribution in [3.8, 4) is 0 Å². The molecule has 2 rings (SSSR count). The van der Waals surface area contributed by atoms with E-state index in [1.165, 1.54) is 11.5 Å². The van der Waals surface area contributed by atoms with Gasteiger partial charge in [0.25, 0.3) is 0 Å². The molecule has 0 aromatic carbocycles. The van der Waals surface area contributed by atoms with E-state index in [2.05, 4.69) is 9.36 Å². The van der Waals surface area contributed by atoms with Gasteiger partial charge in [0.1, 0.15) is 5.52 Å². The highest BCUT2D eigenvalue weighted by atomic mass is 32.1. The van der Waals surface area contributed by atoms with Crippen molar-refractivity contribution in [1.82, 2.24) is 9.36 Å². The van der Waals surface area contributed by atoms with Gasteiger partial charge in [-0.15, -0.1) is 0 Å². The maximum Gasteiger partial charge on any atom is 0.101 e. The summed E-state index contributed by atoms with van der Waals surface area (Å²) in [6.07, 6.45) is 3.55. The number of aromatic nitrogens is 2. The molecular weight excluding hydrogens is 132 g/mol. The minimum absolute atomic E-state index is 0.988. The molecule has 2 aromatic rings. The lowest BCUT2D eigenvalue weighted by molar-refractivity contribution is 1.41. The van der Waals surface area contributed by atoms with Crippen molar-refractivity contribution in [2.24, 2.45) is 0 Å². The Kier molecular flexibility index (Phi) is 0.960. The molecule has 2 nitrogen and oxygen atoms in total. The van der Waals surface area contributed by atoms with Crippen molar-refractivity contribution in [2.75, 3.05) is 0 Å². The van der Waals surface area contributed by atoms with Crippen LogP contribution in [0.1, 0.15) is 0 Å². The summed E-state index contributed by atoms with van der Waals surface area (Å²) in [5, 5.41) is 0. The first kappa shape index (κ1) is 4.88. The molecule has 0 aliphatic heterocycles. The molecule has 0 aliphatic carbocycles. The van der Waals surface area contributed by atoms with Crippen LogP contribution in [0.25, 0.3) is 10.2 Å². The van der Waals surface area contributed by atoms with Crippen LogP contribution in [0.3, 0.4) is 0 Å². The van der Waals surface area contributed by atoms with E-state index in [0.717, 1.165) is 10.2 Å². The molecule has 9 heavy (non-hydrogen) atoms. The summed E-state index contributed by atoms with van der Waals surface area (Å²) in [5.74, 6) is 0. The first-order valence-corrected chi connectivity index (χ1v) is 3.39. The normalized spacial score (nSPS) is 10.2. The number of nitrogens with zero attached hydrogens (tertiary/aromatic N) is 2. The van der Waals surface area contributed by atoms with Gasteiger partial charge in [0.15, 0.2) is 0 Å². The van der Waals surface area contributed by atoms with E-state index in [9.17, 15) is 0 Å². The van der Waals surface area contributed by atoms with Crippen molar-refractivity contribution < 1.29 is 0 Å². The zero-order valence-electron chi connectivity index (χ0n) is 4.61. The molecule has 44 valence electrons. The van der Waals surface area contributed by atoms with Crippen LogP contribution in [-0.2, 0) is 0 Å². The highest BCUT2D eigenvalue weighted by molar-refractivity contribution is 7.13. The summed E-state index contributed by atoms with van der Waals surface area (Å²) in [7, 11) is 0. The predicted molar refractivity (Wildman–Crippen MR) is 37.4 cm³/mol. The summed E-state index contributed by atoms with van der Waals surface area (Å²) in [6, 6.07) is 3.93. The molecule has 0 saturated heterocycles. The van der Waals surface area contributed by atoms with Crippen LogP contribution < -0.4 is 0 Å². The summed E-state index contributed by atoms with van der Waals surface area (Å²) in [4.78, 5) is 4.09. The van der Waals surface area contributed by atoms with E-state index in [1.807, 2.05) is 12.1 Å². The molecule has 0 radical (unpaired) electrons. The van der Waals surface area contributed by atoms with Crippen LogP contribution in [0.2, 0.25) is 0 Å². The first-order valence-electron chi connectivity index (χ1n) is 2.62. The summed E-state index contributed by atoms with van der Waals surface area (Å²) in [5.41, 5.74) is 0.988. The van der Waals surface area contributed by atoms with Gasteiger partial charge in [0.2, 0.25) is 0 Å². The van der Waals surface area contributed by atoms with Crippen molar-refractivity contribution in [1.29, 1.82) is 0 Å². The van der Waals surface area contributed by atoms with Gasteiger partial charge < -0.3 is 0 Å². The summed E-state index contributed by atoms with van der Waals surface area (Å²) >= 11 is 1.47. The molecule has 0 bridgehead atoms. The molecule has 0 fully saturated rings.